The monoisotopic (exact) mass is 334 g/mol. The van der Waals surface area contributed by atoms with Crippen molar-refractivity contribution in [1.29, 1.82) is 0 Å². The second-order valence-corrected chi connectivity index (χ2v) is 7.15. The fraction of sp³-hybridized carbons (Fsp3) is 0.333. The number of nitrogens with one attached hydrogen (secondary N) is 2. The molecular formula is C12H15ClN2O5S. The first-order chi connectivity index (χ1) is 9.60. The maximum absolute atomic E-state index is 11.7. The van der Waals surface area contributed by atoms with Gasteiger partial charge in [0.1, 0.15) is 15.4 Å². The van der Waals surface area contributed by atoms with Crippen LogP contribution in [-0.4, -0.2) is 43.6 Å². The first kappa shape index (κ1) is 17.3. The van der Waals surface area contributed by atoms with Crippen molar-refractivity contribution in [3.63, 3.8) is 0 Å². The predicted octanol–water partition coefficient (Wildman–Crippen LogP) is 1.59. The average molecular weight is 335 g/mol. The van der Waals surface area contributed by atoms with Crippen molar-refractivity contribution in [2.45, 2.75) is 13.0 Å². The van der Waals surface area contributed by atoms with Crippen molar-refractivity contribution in [2.75, 3.05) is 17.3 Å². The quantitative estimate of drug-likeness (QED) is 0.757. The third kappa shape index (κ3) is 5.60. The zero-order valence-electron chi connectivity index (χ0n) is 11.4. The fourth-order valence-electron chi connectivity index (χ4n) is 1.72. The van der Waals surface area contributed by atoms with E-state index in [-0.39, 0.29) is 22.0 Å². The summed E-state index contributed by atoms with van der Waals surface area (Å²) in [7, 11) is -3.23. The van der Waals surface area contributed by atoms with Crippen molar-refractivity contribution in [3.8, 4) is 0 Å². The molecule has 2 amide bonds. The SMILES string of the molecule is CC(CS(C)(=O)=O)NC(=O)Nc1cccc(Cl)c1C(=O)O. The molecule has 0 aliphatic rings. The maximum Gasteiger partial charge on any atom is 0.339 e. The first-order valence-electron chi connectivity index (χ1n) is 5.87. The minimum absolute atomic E-state index is 0.00974. The Balaban J connectivity index is 2.81. The van der Waals surface area contributed by atoms with Gasteiger partial charge in [-0.15, -0.1) is 0 Å². The van der Waals surface area contributed by atoms with Crippen LogP contribution in [0.3, 0.4) is 0 Å². The van der Waals surface area contributed by atoms with E-state index in [9.17, 15) is 18.0 Å². The zero-order valence-corrected chi connectivity index (χ0v) is 13.0. The number of carbonyl (C=O) groups excluding carboxylic acids is 1. The van der Waals surface area contributed by atoms with Gasteiger partial charge in [-0.1, -0.05) is 17.7 Å². The Hall–Kier alpha value is -1.80. The number of rotatable bonds is 5. The van der Waals surface area contributed by atoms with E-state index < -0.39 is 27.9 Å². The van der Waals surface area contributed by atoms with Crippen LogP contribution in [0.4, 0.5) is 10.5 Å². The van der Waals surface area contributed by atoms with Gasteiger partial charge in [0, 0.05) is 12.3 Å². The molecule has 0 spiro atoms. The minimum atomic E-state index is -3.23. The molecule has 9 heteroatoms. The van der Waals surface area contributed by atoms with E-state index in [1.54, 1.807) is 0 Å². The highest BCUT2D eigenvalue weighted by atomic mass is 35.5. The number of carbonyl (C=O) groups is 2. The lowest BCUT2D eigenvalue weighted by Crippen LogP contribution is -2.40. The number of amides is 2. The standard InChI is InChI=1S/C12H15ClN2O5S/c1-7(6-21(2,19)20)14-12(18)15-9-5-3-4-8(13)10(9)11(16)17/h3-5,7H,6H2,1-2H3,(H,16,17)(H2,14,15,18). The number of hydrogen-bond donors (Lipinski definition) is 3. The molecule has 1 atom stereocenters. The van der Waals surface area contributed by atoms with Gasteiger partial charge in [0.2, 0.25) is 0 Å². The molecule has 1 rings (SSSR count). The summed E-state index contributed by atoms with van der Waals surface area (Å²) in [6.45, 7) is 1.52. The molecule has 0 heterocycles. The molecule has 116 valence electrons. The van der Waals surface area contributed by atoms with Crippen LogP contribution < -0.4 is 10.6 Å². The second kappa shape index (κ2) is 6.77. The van der Waals surface area contributed by atoms with Crippen molar-refractivity contribution < 1.29 is 23.1 Å². The van der Waals surface area contributed by atoms with Gasteiger partial charge in [-0.25, -0.2) is 18.0 Å². The molecule has 21 heavy (non-hydrogen) atoms. The van der Waals surface area contributed by atoms with Crippen LogP contribution in [0.5, 0.6) is 0 Å². The largest absolute Gasteiger partial charge is 0.478 e. The van der Waals surface area contributed by atoms with Gasteiger partial charge >= 0.3 is 12.0 Å². The Bertz CT molecular complexity index is 660. The Morgan fingerprint density at radius 3 is 2.52 bits per heavy atom. The lowest BCUT2D eigenvalue weighted by molar-refractivity contribution is 0.0698. The number of carboxylic acid groups (broad SMARTS) is 1. The number of carboxylic acids is 1. The average Bonchev–Trinajstić information content (AvgIpc) is 2.24. The van der Waals surface area contributed by atoms with Crippen molar-refractivity contribution in [3.05, 3.63) is 28.8 Å². The summed E-state index contributed by atoms with van der Waals surface area (Å²) in [5.74, 6) is -1.50. The molecule has 0 aromatic heterocycles. The van der Waals surface area contributed by atoms with Gasteiger partial charge in [0.15, 0.2) is 0 Å². The third-order valence-corrected chi connectivity index (χ3v) is 3.83. The summed E-state index contributed by atoms with van der Waals surface area (Å²) in [6, 6.07) is 2.93. The zero-order chi connectivity index (χ0) is 16.2. The fourth-order valence-corrected chi connectivity index (χ4v) is 2.97. The van der Waals surface area contributed by atoms with E-state index in [2.05, 4.69) is 10.6 Å². The Morgan fingerprint density at radius 1 is 1.38 bits per heavy atom. The van der Waals surface area contributed by atoms with Gasteiger partial charge in [-0.2, -0.15) is 0 Å². The summed E-state index contributed by atoms with van der Waals surface area (Å²) >= 11 is 5.77. The van der Waals surface area contributed by atoms with E-state index in [0.29, 0.717) is 0 Å². The normalized spacial score (nSPS) is 12.5. The molecule has 1 aromatic rings. The minimum Gasteiger partial charge on any atom is -0.478 e. The highest BCUT2D eigenvalue weighted by Gasteiger charge is 2.18. The van der Waals surface area contributed by atoms with Crippen molar-refractivity contribution >= 4 is 39.1 Å². The van der Waals surface area contributed by atoms with E-state index in [1.165, 1.54) is 25.1 Å². The van der Waals surface area contributed by atoms with E-state index in [4.69, 9.17) is 16.7 Å². The number of halogens is 1. The van der Waals surface area contributed by atoms with Gasteiger partial charge in [0.25, 0.3) is 0 Å². The Morgan fingerprint density at radius 2 is 2.00 bits per heavy atom. The van der Waals surface area contributed by atoms with Gasteiger partial charge in [0.05, 0.1) is 16.5 Å². The number of urea groups is 1. The number of benzene rings is 1. The lowest BCUT2D eigenvalue weighted by atomic mass is 10.2. The molecule has 7 nitrogen and oxygen atoms in total. The Kier molecular flexibility index (Phi) is 5.56. The topological polar surface area (TPSA) is 113 Å². The molecule has 0 bridgehead atoms. The van der Waals surface area contributed by atoms with Gasteiger partial charge < -0.3 is 15.7 Å². The lowest BCUT2D eigenvalue weighted by Gasteiger charge is -2.15. The number of hydrogen-bond acceptors (Lipinski definition) is 4. The number of anilines is 1. The molecule has 1 unspecified atom stereocenters. The summed E-state index contributed by atoms with van der Waals surface area (Å²) in [6.07, 6.45) is 1.06. The molecule has 3 N–H and O–H groups in total. The molecule has 0 saturated carbocycles. The van der Waals surface area contributed by atoms with Gasteiger partial charge in [-0.05, 0) is 19.1 Å². The first-order valence-corrected chi connectivity index (χ1v) is 8.31. The van der Waals surface area contributed by atoms with Crippen LogP contribution in [0.25, 0.3) is 0 Å². The molecule has 0 fully saturated rings. The molecular weight excluding hydrogens is 320 g/mol. The maximum atomic E-state index is 11.7. The van der Waals surface area contributed by atoms with E-state index in [1.807, 2.05) is 0 Å². The van der Waals surface area contributed by atoms with Crippen LogP contribution in [0.1, 0.15) is 17.3 Å². The van der Waals surface area contributed by atoms with Crippen LogP contribution in [0, 0.1) is 0 Å². The summed E-state index contributed by atoms with van der Waals surface area (Å²) in [5.41, 5.74) is -0.205. The highest BCUT2D eigenvalue weighted by Crippen LogP contribution is 2.24. The van der Waals surface area contributed by atoms with Crippen LogP contribution in [0.2, 0.25) is 5.02 Å². The molecule has 0 saturated heterocycles. The summed E-state index contributed by atoms with van der Waals surface area (Å²) < 4.78 is 22.2. The molecule has 0 radical (unpaired) electrons. The Labute approximate surface area is 127 Å². The number of aromatic carboxylic acids is 1. The van der Waals surface area contributed by atoms with Crippen LogP contribution in [-0.2, 0) is 9.84 Å². The predicted molar refractivity (Wildman–Crippen MR) is 79.7 cm³/mol. The third-order valence-electron chi connectivity index (χ3n) is 2.41. The summed E-state index contributed by atoms with van der Waals surface area (Å²) in [4.78, 5) is 22.8. The second-order valence-electron chi connectivity index (χ2n) is 4.56. The van der Waals surface area contributed by atoms with Crippen LogP contribution >= 0.6 is 11.6 Å². The molecule has 0 aliphatic carbocycles. The van der Waals surface area contributed by atoms with Crippen molar-refractivity contribution in [1.82, 2.24) is 5.32 Å². The van der Waals surface area contributed by atoms with Gasteiger partial charge in [-0.3, -0.25) is 0 Å². The van der Waals surface area contributed by atoms with Crippen LogP contribution in [0.15, 0.2) is 18.2 Å². The number of sulfone groups is 1. The summed E-state index contributed by atoms with van der Waals surface area (Å²) in [5, 5.41) is 13.8. The molecule has 1 aromatic carbocycles. The van der Waals surface area contributed by atoms with Crippen molar-refractivity contribution in [2.24, 2.45) is 0 Å². The highest BCUT2D eigenvalue weighted by molar-refractivity contribution is 7.90. The molecule has 0 aliphatic heterocycles. The van der Waals surface area contributed by atoms with E-state index in [0.717, 1.165) is 6.26 Å². The smallest absolute Gasteiger partial charge is 0.339 e. The van der Waals surface area contributed by atoms with E-state index >= 15 is 0 Å².